The molecule has 0 atom stereocenters. The summed E-state index contributed by atoms with van der Waals surface area (Å²) in [7, 11) is 1.20. The highest BCUT2D eigenvalue weighted by Gasteiger charge is 2.27. The van der Waals surface area contributed by atoms with Crippen molar-refractivity contribution in [1.82, 2.24) is 0 Å². The smallest absolute Gasteiger partial charge is 0.469 e. The molecule has 0 aromatic carbocycles. The third kappa shape index (κ3) is 2.76. The van der Waals surface area contributed by atoms with Crippen LogP contribution < -0.4 is 4.78 Å². The maximum absolute atomic E-state index is 12.2. The minimum absolute atomic E-state index is 0.104. The van der Waals surface area contributed by atoms with Gasteiger partial charge in [0.15, 0.2) is 0 Å². The van der Waals surface area contributed by atoms with Gasteiger partial charge in [-0.2, -0.15) is 11.3 Å². The van der Waals surface area contributed by atoms with E-state index >= 15 is 0 Å². The summed E-state index contributed by atoms with van der Waals surface area (Å²) in [6.07, 6.45) is -0.104. The van der Waals surface area contributed by atoms with Crippen LogP contribution in [0.2, 0.25) is 0 Å². The average Bonchev–Trinajstić information content (AvgIpc) is 2.51. The summed E-state index contributed by atoms with van der Waals surface area (Å²) in [4.78, 5) is 11.1. The highest BCUT2D eigenvalue weighted by atomic mass is 32.1. The average molecular weight is 223 g/mol. The van der Waals surface area contributed by atoms with Gasteiger partial charge in [-0.15, -0.1) is 0 Å². The van der Waals surface area contributed by atoms with E-state index in [1.54, 1.807) is 0 Å². The van der Waals surface area contributed by atoms with Gasteiger partial charge < -0.3 is 17.7 Å². The largest absolute Gasteiger partial charge is 0.519 e. The Morgan fingerprint density at radius 2 is 2.14 bits per heavy atom. The Labute approximate surface area is 82.7 Å². The molecule has 0 fully saturated rings. The number of carbonyl (C=O) groups is 1. The number of hydrogen-bond acceptors (Lipinski definition) is 3. The first-order chi connectivity index (χ1) is 6.43. The molecule has 14 heavy (non-hydrogen) atoms. The number of carbonyl (C=O) groups excluding carboxylic acids is 1. The van der Waals surface area contributed by atoms with Crippen LogP contribution >= 0.6 is 11.3 Å². The topological polar surface area (TPSA) is 26.3 Å². The van der Waals surface area contributed by atoms with Gasteiger partial charge in [0.2, 0.25) is 0 Å². The molecule has 2 nitrogen and oxygen atoms in total. The molecule has 78 valence electrons. The molecule has 1 heterocycles. The Balaban J connectivity index is 2.74. The maximum atomic E-state index is 12.2. The predicted octanol–water partition coefficient (Wildman–Crippen LogP) is 1.52. The number of rotatable bonds is 3. The van der Waals surface area contributed by atoms with Gasteiger partial charge in [0.25, 0.3) is 0 Å². The molecule has 0 spiro atoms. The summed E-state index contributed by atoms with van der Waals surface area (Å²) in [5.41, 5.74) is 0. The van der Waals surface area contributed by atoms with Crippen molar-refractivity contribution in [3.8, 4) is 0 Å². The Morgan fingerprint density at radius 1 is 1.50 bits per heavy atom. The van der Waals surface area contributed by atoms with Gasteiger partial charge in [-0.05, 0) is 0 Å². The second kappa shape index (κ2) is 4.04. The zero-order valence-corrected chi connectivity index (χ0v) is 8.11. The van der Waals surface area contributed by atoms with Gasteiger partial charge in [0.05, 0.1) is 13.5 Å². The van der Waals surface area contributed by atoms with Gasteiger partial charge in [0.1, 0.15) is 0 Å². The standard InChI is InChI=1S/C7H7BF3O2S/c1-13-7(12)4-5-2-3-6(14-5)8(9,10)11/h2-3H,4H2,1H3/q-1. The number of ether oxygens (including phenoxy) is 1. The van der Waals surface area contributed by atoms with E-state index in [1.165, 1.54) is 13.2 Å². The Morgan fingerprint density at radius 3 is 2.57 bits per heavy atom. The SMILES string of the molecule is COC(=O)Cc1ccc([B-](F)(F)F)s1. The fraction of sp³-hybridized carbons (Fsp3) is 0.286. The monoisotopic (exact) mass is 223 g/mol. The minimum atomic E-state index is -4.95. The number of esters is 1. The summed E-state index contributed by atoms with van der Waals surface area (Å²) in [5.74, 6) is -0.534. The summed E-state index contributed by atoms with van der Waals surface area (Å²) >= 11 is 0.585. The highest BCUT2D eigenvalue weighted by molar-refractivity contribution is 7.24. The lowest BCUT2D eigenvalue weighted by molar-refractivity contribution is -0.139. The minimum Gasteiger partial charge on any atom is -0.469 e. The molecule has 1 aromatic heterocycles. The summed E-state index contributed by atoms with van der Waals surface area (Å²) in [6, 6.07) is 2.29. The first-order valence-corrected chi connectivity index (χ1v) is 4.60. The number of hydrogen-bond donors (Lipinski definition) is 0. The Kier molecular flexibility index (Phi) is 3.20. The molecule has 0 aliphatic carbocycles. The second-order valence-electron chi connectivity index (χ2n) is 2.63. The van der Waals surface area contributed by atoms with E-state index in [-0.39, 0.29) is 6.42 Å². The molecule has 0 saturated carbocycles. The van der Waals surface area contributed by atoms with Gasteiger partial charge in [0, 0.05) is 4.88 Å². The molecule has 0 unspecified atom stereocenters. The Bertz CT molecular complexity index is 334. The first-order valence-electron chi connectivity index (χ1n) is 3.79. The normalized spacial score (nSPS) is 11.4. The third-order valence-electron chi connectivity index (χ3n) is 1.55. The predicted molar refractivity (Wildman–Crippen MR) is 48.8 cm³/mol. The molecule has 1 rings (SSSR count). The summed E-state index contributed by atoms with van der Waals surface area (Å²) in [5, 5.41) is 0. The lowest BCUT2D eigenvalue weighted by atomic mass is 9.90. The van der Waals surface area contributed by atoms with Crippen molar-refractivity contribution in [2.24, 2.45) is 0 Å². The number of thiophene rings is 1. The van der Waals surface area contributed by atoms with E-state index < -0.39 is 17.7 Å². The van der Waals surface area contributed by atoms with Crippen LogP contribution in [0.15, 0.2) is 12.1 Å². The van der Waals surface area contributed by atoms with Crippen LogP contribution in [0.3, 0.4) is 0 Å². The third-order valence-corrected chi connectivity index (χ3v) is 2.73. The summed E-state index contributed by atoms with van der Waals surface area (Å²) < 4.78 is 40.2. The zero-order chi connectivity index (χ0) is 10.8. The fourth-order valence-corrected chi connectivity index (χ4v) is 1.78. The van der Waals surface area contributed by atoms with Gasteiger partial charge in [-0.1, -0.05) is 16.9 Å². The van der Waals surface area contributed by atoms with Gasteiger partial charge in [-0.3, -0.25) is 4.79 Å². The van der Waals surface area contributed by atoms with Crippen LogP contribution in [0.25, 0.3) is 0 Å². The lowest BCUT2D eigenvalue weighted by Crippen LogP contribution is -2.30. The molecule has 1 aromatic rings. The summed E-state index contributed by atoms with van der Waals surface area (Å²) in [6.45, 7) is -4.95. The molecule has 0 N–H and O–H groups in total. The maximum Gasteiger partial charge on any atom is 0.519 e. The molecule has 0 aliphatic heterocycles. The van der Waals surface area contributed by atoms with Crippen LogP contribution in [0.5, 0.6) is 0 Å². The van der Waals surface area contributed by atoms with Crippen molar-refractivity contribution in [3.05, 3.63) is 17.0 Å². The molecule has 0 saturated heterocycles. The van der Waals surface area contributed by atoms with E-state index in [0.717, 1.165) is 6.07 Å². The van der Waals surface area contributed by atoms with E-state index in [2.05, 4.69) is 4.74 Å². The fourth-order valence-electron chi connectivity index (χ4n) is 0.880. The second-order valence-corrected chi connectivity index (χ2v) is 3.83. The molecule has 0 amide bonds. The molecular formula is C7H7BF3O2S-. The number of halogens is 3. The lowest BCUT2D eigenvalue weighted by Gasteiger charge is -2.10. The Hall–Kier alpha value is -0.975. The van der Waals surface area contributed by atoms with Crippen molar-refractivity contribution in [1.29, 1.82) is 0 Å². The van der Waals surface area contributed by atoms with E-state index in [4.69, 9.17) is 0 Å². The van der Waals surface area contributed by atoms with E-state index in [0.29, 0.717) is 16.2 Å². The van der Waals surface area contributed by atoms with Crippen molar-refractivity contribution in [2.75, 3.05) is 7.11 Å². The van der Waals surface area contributed by atoms with Crippen LogP contribution in [0.1, 0.15) is 4.88 Å². The van der Waals surface area contributed by atoms with Crippen molar-refractivity contribution >= 4 is 29.1 Å². The van der Waals surface area contributed by atoms with Crippen molar-refractivity contribution in [3.63, 3.8) is 0 Å². The zero-order valence-electron chi connectivity index (χ0n) is 7.30. The van der Waals surface area contributed by atoms with Gasteiger partial charge in [-0.25, -0.2) is 0 Å². The first kappa shape index (κ1) is 11.1. The van der Waals surface area contributed by atoms with E-state index in [1.807, 2.05) is 0 Å². The molecule has 0 radical (unpaired) electrons. The molecule has 7 heteroatoms. The number of methoxy groups -OCH3 is 1. The van der Waals surface area contributed by atoms with E-state index in [9.17, 15) is 17.7 Å². The molecular weight excluding hydrogens is 216 g/mol. The van der Waals surface area contributed by atoms with Crippen LogP contribution in [0.4, 0.5) is 12.9 Å². The van der Waals surface area contributed by atoms with Gasteiger partial charge >= 0.3 is 12.9 Å². The quantitative estimate of drug-likeness (QED) is 0.573. The molecule has 0 bridgehead atoms. The van der Waals surface area contributed by atoms with Crippen molar-refractivity contribution in [2.45, 2.75) is 6.42 Å². The van der Waals surface area contributed by atoms with Crippen LogP contribution in [-0.4, -0.2) is 20.1 Å². The van der Waals surface area contributed by atoms with Crippen molar-refractivity contribution < 1.29 is 22.5 Å². The van der Waals surface area contributed by atoms with Crippen LogP contribution in [-0.2, 0) is 16.0 Å². The molecule has 0 aliphatic rings. The highest BCUT2D eigenvalue weighted by Crippen LogP contribution is 2.17. The van der Waals surface area contributed by atoms with Crippen LogP contribution in [0, 0.1) is 0 Å².